The Morgan fingerprint density at radius 3 is 2.19 bits per heavy atom. The van der Waals surface area contributed by atoms with Crippen LogP contribution in [0.15, 0.2) is 18.2 Å². The summed E-state index contributed by atoms with van der Waals surface area (Å²) in [6, 6.07) is 6.13. The standard InChI is InChI=1S/C13H19Cl2N/c1-8(2)13(16-4)9(3)11-6-5-10(14)7-12(11)15/h5-9,13,16H,1-4H3. The zero-order chi connectivity index (χ0) is 12.3. The average Bonchev–Trinajstić information content (AvgIpc) is 2.17. The number of hydrogen-bond donors (Lipinski definition) is 1. The van der Waals surface area contributed by atoms with Crippen LogP contribution < -0.4 is 5.32 Å². The molecule has 90 valence electrons. The highest BCUT2D eigenvalue weighted by atomic mass is 35.5. The van der Waals surface area contributed by atoms with Crippen molar-refractivity contribution in [3.63, 3.8) is 0 Å². The van der Waals surface area contributed by atoms with Crippen LogP contribution in [0, 0.1) is 5.92 Å². The van der Waals surface area contributed by atoms with E-state index in [1.165, 1.54) is 0 Å². The van der Waals surface area contributed by atoms with Gasteiger partial charge in [0.05, 0.1) is 0 Å². The maximum atomic E-state index is 6.22. The molecule has 0 saturated heterocycles. The summed E-state index contributed by atoms with van der Waals surface area (Å²) in [6.45, 7) is 6.61. The fourth-order valence-electron chi connectivity index (χ4n) is 2.22. The second-order valence-electron chi connectivity index (χ2n) is 4.51. The molecule has 0 bridgehead atoms. The molecular weight excluding hydrogens is 241 g/mol. The molecule has 1 rings (SSSR count). The predicted octanol–water partition coefficient (Wildman–Crippen LogP) is 4.34. The van der Waals surface area contributed by atoms with E-state index in [1.54, 1.807) is 0 Å². The smallest absolute Gasteiger partial charge is 0.0456 e. The van der Waals surface area contributed by atoms with Gasteiger partial charge in [-0.15, -0.1) is 0 Å². The van der Waals surface area contributed by atoms with E-state index in [1.807, 2.05) is 25.2 Å². The van der Waals surface area contributed by atoms with Crippen molar-refractivity contribution in [2.24, 2.45) is 5.92 Å². The molecule has 0 amide bonds. The highest BCUT2D eigenvalue weighted by Crippen LogP contribution is 2.31. The van der Waals surface area contributed by atoms with Gasteiger partial charge in [0.1, 0.15) is 0 Å². The molecule has 1 nitrogen and oxygen atoms in total. The van der Waals surface area contributed by atoms with Crippen LogP contribution in [0.5, 0.6) is 0 Å². The first-order valence-electron chi connectivity index (χ1n) is 5.59. The lowest BCUT2D eigenvalue weighted by atomic mass is 9.86. The zero-order valence-electron chi connectivity index (χ0n) is 10.2. The minimum absolute atomic E-state index is 0.370. The molecule has 0 heterocycles. The molecule has 1 N–H and O–H groups in total. The van der Waals surface area contributed by atoms with Gasteiger partial charge in [0.2, 0.25) is 0 Å². The molecule has 0 saturated carbocycles. The maximum absolute atomic E-state index is 6.22. The van der Waals surface area contributed by atoms with E-state index in [4.69, 9.17) is 23.2 Å². The predicted molar refractivity (Wildman–Crippen MR) is 72.6 cm³/mol. The number of benzene rings is 1. The Hall–Kier alpha value is -0.240. The topological polar surface area (TPSA) is 12.0 Å². The summed E-state index contributed by atoms with van der Waals surface area (Å²) in [4.78, 5) is 0. The molecule has 16 heavy (non-hydrogen) atoms. The van der Waals surface area contributed by atoms with Crippen LogP contribution in [-0.2, 0) is 0 Å². The largest absolute Gasteiger partial charge is 0.316 e. The van der Waals surface area contributed by atoms with E-state index in [-0.39, 0.29) is 0 Å². The molecule has 0 aliphatic heterocycles. The molecule has 3 heteroatoms. The van der Waals surface area contributed by atoms with E-state index in [2.05, 4.69) is 26.1 Å². The van der Waals surface area contributed by atoms with E-state index in [0.717, 1.165) is 10.6 Å². The van der Waals surface area contributed by atoms with Gasteiger partial charge < -0.3 is 5.32 Å². The Morgan fingerprint density at radius 1 is 1.12 bits per heavy atom. The summed E-state index contributed by atoms with van der Waals surface area (Å²) in [5.41, 5.74) is 1.15. The normalized spacial score (nSPS) is 15.2. The van der Waals surface area contributed by atoms with Crippen molar-refractivity contribution in [3.05, 3.63) is 33.8 Å². The number of hydrogen-bond acceptors (Lipinski definition) is 1. The molecule has 0 aliphatic rings. The Balaban J connectivity index is 2.99. The van der Waals surface area contributed by atoms with E-state index >= 15 is 0 Å². The zero-order valence-corrected chi connectivity index (χ0v) is 11.7. The summed E-state index contributed by atoms with van der Waals surface area (Å²) in [6.07, 6.45) is 0. The first-order chi connectivity index (χ1) is 7.47. The first-order valence-corrected chi connectivity index (χ1v) is 6.35. The molecule has 0 aliphatic carbocycles. The van der Waals surface area contributed by atoms with Gasteiger partial charge in [-0.25, -0.2) is 0 Å². The van der Waals surface area contributed by atoms with Gasteiger partial charge in [-0.2, -0.15) is 0 Å². The van der Waals surface area contributed by atoms with Gasteiger partial charge in [0, 0.05) is 16.1 Å². The number of halogens is 2. The maximum Gasteiger partial charge on any atom is 0.0456 e. The lowest BCUT2D eigenvalue weighted by molar-refractivity contribution is 0.376. The lowest BCUT2D eigenvalue weighted by Crippen LogP contribution is -2.35. The number of rotatable bonds is 4. The van der Waals surface area contributed by atoms with Crippen molar-refractivity contribution in [1.82, 2.24) is 5.32 Å². The minimum Gasteiger partial charge on any atom is -0.316 e. The van der Waals surface area contributed by atoms with Gasteiger partial charge in [0.15, 0.2) is 0 Å². The Kier molecular flexibility index (Phi) is 5.10. The fraction of sp³-hybridized carbons (Fsp3) is 0.538. The second kappa shape index (κ2) is 5.90. The highest BCUT2D eigenvalue weighted by Gasteiger charge is 2.22. The van der Waals surface area contributed by atoms with Crippen molar-refractivity contribution in [1.29, 1.82) is 0 Å². The average molecular weight is 260 g/mol. The summed E-state index contributed by atoms with van der Waals surface area (Å²) in [5.74, 6) is 0.932. The van der Waals surface area contributed by atoms with Crippen molar-refractivity contribution >= 4 is 23.2 Å². The third-order valence-corrected chi connectivity index (χ3v) is 3.61. The van der Waals surface area contributed by atoms with E-state index in [0.29, 0.717) is 22.9 Å². The molecule has 2 atom stereocenters. The van der Waals surface area contributed by atoms with Gasteiger partial charge >= 0.3 is 0 Å². The highest BCUT2D eigenvalue weighted by molar-refractivity contribution is 6.35. The van der Waals surface area contributed by atoms with Crippen molar-refractivity contribution in [3.8, 4) is 0 Å². The monoisotopic (exact) mass is 259 g/mol. The van der Waals surface area contributed by atoms with Crippen LogP contribution in [0.3, 0.4) is 0 Å². The van der Waals surface area contributed by atoms with Crippen molar-refractivity contribution < 1.29 is 0 Å². The van der Waals surface area contributed by atoms with Crippen LogP contribution in [0.1, 0.15) is 32.3 Å². The van der Waals surface area contributed by atoms with Gasteiger partial charge in [-0.1, -0.05) is 50.0 Å². The number of likely N-dealkylation sites (N-methyl/N-ethyl adjacent to an activating group) is 1. The van der Waals surface area contributed by atoms with Crippen LogP contribution in [-0.4, -0.2) is 13.1 Å². The van der Waals surface area contributed by atoms with Gasteiger partial charge in [-0.05, 0) is 36.6 Å². The van der Waals surface area contributed by atoms with Crippen LogP contribution in [0.4, 0.5) is 0 Å². The van der Waals surface area contributed by atoms with E-state index < -0.39 is 0 Å². The van der Waals surface area contributed by atoms with E-state index in [9.17, 15) is 0 Å². The first kappa shape index (κ1) is 13.8. The summed E-state index contributed by atoms with van der Waals surface area (Å²) in [5, 5.41) is 4.79. The molecular formula is C13H19Cl2N. The minimum atomic E-state index is 0.370. The summed E-state index contributed by atoms with van der Waals surface area (Å²) in [7, 11) is 1.99. The number of nitrogens with one attached hydrogen (secondary N) is 1. The molecule has 1 aromatic rings. The lowest BCUT2D eigenvalue weighted by Gasteiger charge is -2.28. The molecule has 0 aromatic heterocycles. The third kappa shape index (κ3) is 3.13. The third-order valence-electron chi connectivity index (χ3n) is 3.04. The Labute approximate surface area is 108 Å². The molecule has 0 fully saturated rings. The molecule has 2 unspecified atom stereocenters. The molecule has 0 radical (unpaired) electrons. The van der Waals surface area contributed by atoms with Gasteiger partial charge in [0.25, 0.3) is 0 Å². The summed E-state index contributed by atoms with van der Waals surface area (Å²) >= 11 is 12.1. The molecule has 0 spiro atoms. The fourth-order valence-corrected chi connectivity index (χ4v) is 2.81. The molecule has 1 aromatic carbocycles. The van der Waals surface area contributed by atoms with Crippen LogP contribution in [0.25, 0.3) is 0 Å². The van der Waals surface area contributed by atoms with Crippen LogP contribution >= 0.6 is 23.2 Å². The van der Waals surface area contributed by atoms with Crippen molar-refractivity contribution in [2.45, 2.75) is 32.7 Å². The Morgan fingerprint density at radius 2 is 1.75 bits per heavy atom. The summed E-state index contributed by atoms with van der Waals surface area (Å²) < 4.78 is 0. The van der Waals surface area contributed by atoms with Crippen molar-refractivity contribution in [2.75, 3.05) is 7.05 Å². The van der Waals surface area contributed by atoms with Crippen LogP contribution in [0.2, 0.25) is 10.0 Å². The quantitative estimate of drug-likeness (QED) is 0.849. The van der Waals surface area contributed by atoms with Gasteiger partial charge in [-0.3, -0.25) is 0 Å². The Bertz CT molecular complexity index is 350. The second-order valence-corrected chi connectivity index (χ2v) is 5.36. The SMILES string of the molecule is CNC(C(C)C)C(C)c1ccc(Cl)cc1Cl.